The van der Waals surface area contributed by atoms with E-state index in [1.165, 1.54) is 11.8 Å². The van der Waals surface area contributed by atoms with Gasteiger partial charge in [-0.05, 0) is 43.5 Å². The maximum absolute atomic E-state index is 12.7. The Morgan fingerprint density at radius 2 is 2.14 bits per heavy atom. The van der Waals surface area contributed by atoms with Crippen molar-refractivity contribution in [2.24, 2.45) is 0 Å². The molecule has 2 aliphatic heterocycles. The summed E-state index contributed by atoms with van der Waals surface area (Å²) in [5.74, 6) is 1.03. The van der Waals surface area contributed by atoms with Gasteiger partial charge in [-0.15, -0.1) is 0 Å². The van der Waals surface area contributed by atoms with Gasteiger partial charge in [0, 0.05) is 6.04 Å². The van der Waals surface area contributed by atoms with Crippen molar-refractivity contribution in [1.82, 2.24) is 4.90 Å². The van der Waals surface area contributed by atoms with E-state index in [0.717, 1.165) is 17.7 Å². The highest BCUT2D eigenvalue weighted by Crippen LogP contribution is 2.35. The predicted molar refractivity (Wildman–Crippen MR) is 81.4 cm³/mol. The molecule has 0 fully saturated rings. The van der Waals surface area contributed by atoms with Crippen LogP contribution in [-0.2, 0) is 20.7 Å². The molecule has 2 heterocycles. The van der Waals surface area contributed by atoms with Crippen LogP contribution in [0.4, 0.5) is 0 Å². The molecule has 1 aromatic carbocycles. The Kier molecular flexibility index (Phi) is 3.96. The number of hydrogen-bond donors (Lipinski definition) is 0. The first-order valence-corrected chi connectivity index (χ1v) is 7.56. The molecule has 0 saturated heterocycles. The van der Waals surface area contributed by atoms with Crippen LogP contribution in [-0.4, -0.2) is 37.2 Å². The summed E-state index contributed by atoms with van der Waals surface area (Å²) in [6.07, 6.45) is 2.23. The van der Waals surface area contributed by atoms with Crippen molar-refractivity contribution in [2.75, 3.05) is 20.3 Å². The third kappa shape index (κ3) is 2.51. The van der Waals surface area contributed by atoms with Crippen molar-refractivity contribution in [1.29, 1.82) is 0 Å². The smallest absolute Gasteiger partial charge is 0.292 e. The molecule has 3 rings (SSSR count). The normalized spacial score (nSPS) is 23.8. The Morgan fingerprint density at radius 1 is 1.32 bits per heavy atom. The molecule has 0 N–H and O–H groups in total. The number of nitrogens with zero attached hydrogens (tertiary/aromatic N) is 1. The fourth-order valence-corrected chi connectivity index (χ4v) is 3.23. The van der Waals surface area contributed by atoms with Crippen LogP contribution in [0.3, 0.4) is 0 Å². The Labute approximate surface area is 130 Å². The highest BCUT2D eigenvalue weighted by molar-refractivity contribution is 5.92. The summed E-state index contributed by atoms with van der Waals surface area (Å²) in [5, 5.41) is 0. The number of methoxy groups -OCH3 is 1. The number of rotatable bonds is 2. The number of amides is 1. The number of ether oxygens (including phenoxy) is 3. The summed E-state index contributed by atoms with van der Waals surface area (Å²) in [5.41, 5.74) is 2.39. The maximum atomic E-state index is 12.7. The molecule has 0 aliphatic carbocycles. The monoisotopic (exact) mass is 303 g/mol. The van der Waals surface area contributed by atoms with Crippen LogP contribution < -0.4 is 4.74 Å². The van der Waals surface area contributed by atoms with Crippen molar-refractivity contribution in [3.05, 3.63) is 41.3 Å². The average molecular weight is 303 g/mol. The van der Waals surface area contributed by atoms with E-state index < -0.39 is 0 Å². The molecule has 1 amide bonds. The maximum Gasteiger partial charge on any atom is 0.292 e. The van der Waals surface area contributed by atoms with Gasteiger partial charge in [-0.1, -0.05) is 6.07 Å². The standard InChI is InChI=1S/C17H21NO4/c1-11-8-13-9-14(20-3)4-5-15(13)12(2)18(11)17(19)16-10-21-6-7-22-16/h4-5,9-12H,6-8H2,1-3H3/t11-,12+/m0/s1. The summed E-state index contributed by atoms with van der Waals surface area (Å²) < 4.78 is 15.9. The fourth-order valence-electron chi connectivity index (χ4n) is 3.23. The summed E-state index contributed by atoms with van der Waals surface area (Å²) in [6, 6.07) is 6.12. The van der Waals surface area contributed by atoms with E-state index in [1.54, 1.807) is 7.11 Å². The molecule has 0 aromatic heterocycles. The zero-order valence-electron chi connectivity index (χ0n) is 13.2. The van der Waals surface area contributed by atoms with Crippen molar-refractivity contribution >= 4 is 5.91 Å². The Bertz CT molecular complexity index is 611. The molecule has 0 saturated carbocycles. The minimum Gasteiger partial charge on any atom is -0.497 e. The van der Waals surface area contributed by atoms with E-state index in [1.807, 2.05) is 24.0 Å². The molecule has 1 aromatic rings. The second-order valence-electron chi connectivity index (χ2n) is 5.71. The van der Waals surface area contributed by atoms with E-state index in [-0.39, 0.29) is 18.0 Å². The van der Waals surface area contributed by atoms with E-state index in [4.69, 9.17) is 14.2 Å². The first-order chi connectivity index (χ1) is 10.6. The molecule has 0 bridgehead atoms. The van der Waals surface area contributed by atoms with Crippen LogP contribution in [0.25, 0.3) is 0 Å². The second-order valence-corrected chi connectivity index (χ2v) is 5.71. The SMILES string of the molecule is COc1ccc2c(c1)C[C@H](C)N(C(=O)C1=COCCO1)[C@@H]2C. The lowest BCUT2D eigenvalue weighted by atomic mass is 9.89. The zero-order chi connectivity index (χ0) is 15.7. The molecule has 0 spiro atoms. The van der Waals surface area contributed by atoms with Gasteiger partial charge in [0.25, 0.3) is 5.91 Å². The molecular formula is C17H21NO4. The van der Waals surface area contributed by atoms with Crippen LogP contribution in [0.15, 0.2) is 30.2 Å². The minimum atomic E-state index is -0.110. The number of carbonyl (C=O) groups is 1. The molecular weight excluding hydrogens is 282 g/mol. The molecule has 2 atom stereocenters. The topological polar surface area (TPSA) is 48.0 Å². The molecule has 5 nitrogen and oxygen atoms in total. The Hall–Kier alpha value is -2.17. The van der Waals surface area contributed by atoms with Gasteiger partial charge in [0.2, 0.25) is 5.76 Å². The van der Waals surface area contributed by atoms with Gasteiger partial charge in [0.15, 0.2) is 0 Å². The van der Waals surface area contributed by atoms with Crippen LogP contribution >= 0.6 is 0 Å². The molecule has 2 aliphatic rings. The van der Waals surface area contributed by atoms with Crippen LogP contribution in [0.5, 0.6) is 5.75 Å². The van der Waals surface area contributed by atoms with Gasteiger partial charge in [0.05, 0.1) is 13.2 Å². The quantitative estimate of drug-likeness (QED) is 0.842. The van der Waals surface area contributed by atoms with Crippen molar-refractivity contribution in [2.45, 2.75) is 32.4 Å². The summed E-state index contributed by atoms with van der Waals surface area (Å²) >= 11 is 0. The van der Waals surface area contributed by atoms with Gasteiger partial charge in [-0.2, -0.15) is 0 Å². The van der Waals surface area contributed by atoms with Gasteiger partial charge >= 0.3 is 0 Å². The Morgan fingerprint density at radius 3 is 2.82 bits per heavy atom. The molecule has 0 radical (unpaired) electrons. The van der Waals surface area contributed by atoms with E-state index in [0.29, 0.717) is 19.0 Å². The summed E-state index contributed by atoms with van der Waals surface area (Å²) in [4.78, 5) is 14.6. The first-order valence-electron chi connectivity index (χ1n) is 7.56. The largest absolute Gasteiger partial charge is 0.497 e. The molecule has 22 heavy (non-hydrogen) atoms. The van der Waals surface area contributed by atoms with Gasteiger partial charge in [-0.25, -0.2) is 0 Å². The highest BCUT2D eigenvalue weighted by Gasteiger charge is 2.35. The molecule has 0 unspecified atom stereocenters. The van der Waals surface area contributed by atoms with Gasteiger partial charge < -0.3 is 19.1 Å². The summed E-state index contributed by atoms with van der Waals surface area (Å²) in [7, 11) is 1.67. The fraction of sp³-hybridized carbons (Fsp3) is 0.471. The minimum absolute atomic E-state index is 0.0106. The number of hydrogen-bond acceptors (Lipinski definition) is 4. The lowest BCUT2D eigenvalue weighted by Gasteiger charge is -2.40. The third-order valence-corrected chi connectivity index (χ3v) is 4.30. The van der Waals surface area contributed by atoms with Crippen LogP contribution in [0, 0.1) is 0 Å². The van der Waals surface area contributed by atoms with E-state index in [9.17, 15) is 4.79 Å². The lowest BCUT2D eigenvalue weighted by Crippen LogP contribution is -2.46. The van der Waals surface area contributed by atoms with E-state index in [2.05, 4.69) is 13.0 Å². The Balaban J connectivity index is 1.90. The lowest BCUT2D eigenvalue weighted by molar-refractivity contribution is -0.137. The van der Waals surface area contributed by atoms with Crippen molar-refractivity contribution in [3.8, 4) is 5.75 Å². The van der Waals surface area contributed by atoms with Crippen molar-refractivity contribution in [3.63, 3.8) is 0 Å². The number of benzene rings is 1. The van der Waals surface area contributed by atoms with Crippen molar-refractivity contribution < 1.29 is 19.0 Å². The second kappa shape index (κ2) is 5.91. The number of fused-ring (bicyclic) bond motifs is 1. The van der Waals surface area contributed by atoms with E-state index >= 15 is 0 Å². The van der Waals surface area contributed by atoms with Crippen LogP contribution in [0.1, 0.15) is 31.0 Å². The average Bonchev–Trinajstić information content (AvgIpc) is 2.55. The van der Waals surface area contributed by atoms with Crippen LogP contribution in [0.2, 0.25) is 0 Å². The van der Waals surface area contributed by atoms with Gasteiger partial charge in [0.1, 0.15) is 25.2 Å². The zero-order valence-corrected chi connectivity index (χ0v) is 13.2. The third-order valence-electron chi connectivity index (χ3n) is 4.30. The first kappa shape index (κ1) is 14.8. The highest BCUT2D eigenvalue weighted by atomic mass is 16.6. The molecule has 118 valence electrons. The number of carbonyl (C=O) groups excluding carboxylic acids is 1. The molecule has 5 heteroatoms. The summed E-state index contributed by atoms with van der Waals surface area (Å²) in [6.45, 7) is 5.01. The predicted octanol–water partition coefficient (Wildman–Crippen LogP) is 2.42. The van der Waals surface area contributed by atoms with Gasteiger partial charge in [-0.3, -0.25) is 4.79 Å².